The van der Waals surface area contributed by atoms with E-state index in [1.165, 1.54) is 20.3 Å². The number of hydrogen-bond donors (Lipinski definition) is 3. The van der Waals surface area contributed by atoms with E-state index in [0.717, 1.165) is 19.3 Å². The van der Waals surface area contributed by atoms with Crippen molar-refractivity contribution in [3.05, 3.63) is 0 Å². The fourth-order valence-electron chi connectivity index (χ4n) is 2.45. The molecule has 5 heteroatoms. The van der Waals surface area contributed by atoms with Gasteiger partial charge < -0.3 is 20.1 Å². The monoisotopic (exact) mass is 318 g/mol. The van der Waals surface area contributed by atoms with E-state index in [4.69, 9.17) is 4.74 Å². The first kappa shape index (κ1) is 21.5. The maximum absolute atomic E-state index is 11.9. The highest BCUT2D eigenvalue weighted by Gasteiger charge is 2.32. The highest BCUT2D eigenvalue weighted by Crippen LogP contribution is 2.17. The van der Waals surface area contributed by atoms with E-state index < -0.39 is 23.6 Å². The number of ketones is 1. The molecule has 3 N–H and O–H groups in total. The molecule has 0 aromatic carbocycles. The summed E-state index contributed by atoms with van der Waals surface area (Å²) in [6, 6.07) is 0. The van der Waals surface area contributed by atoms with Gasteiger partial charge in [0, 0.05) is 19.4 Å². The third kappa shape index (κ3) is 9.51. The molecule has 0 aliphatic rings. The number of aliphatic hydroxyl groups excluding tert-OH is 2. The zero-order valence-corrected chi connectivity index (χ0v) is 14.5. The Morgan fingerprint density at radius 1 is 1.23 bits per heavy atom. The second-order valence-corrected chi connectivity index (χ2v) is 6.56. The second-order valence-electron chi connectivity index (χ2n) is 6.56. The molecule has 0 aliphatic carbocycles. The summed E-state index contributed by atoms with van der Waals surface area (Å²) in [6.45, 7) is 7.85. The van der Waals surface area contributed by atoms with E-state index in [-0.39, 0.29) is 19.4 Å². The van der Waals surface area contributed by atoms with Gasteiger partial charge in [-0.05, 0) is 26.2 Å². The third-order valence-corrected chi connectivity index (χ3v) is 3.92. The van der Waals surface area contributed by atoms with E-state index in [0.29, 0.717) is 12.5 Å². The number of hydrogen-bond acceptors (Lipinski definition) is 5. The van der Waals surface area contributed by atoms with Crippen molar-refractivity contribution >= 4 is 5.78 Å². The van der Waals surface area contributed by atoms with Gasteiger partial charge in [0.05, 0.1) is 18.8 Å². The minimum Gasteiger partial charge on any atom is -0.393 e. The number of carbonyl (C=O) groups is 1. The predicted molar refractivity (Wildman–Crippen MR) is 86.7 cm³/mol. The van der Waals surface area contributed by atoms with Gasteiger partial charge in [-0.1, -0.05) is 33.1 Å². The lowest BCUT2D eigenvalue weighted by Crippen LogP contribution is -2.40. The van der Waals surface area contributed by atoms with Gasteiger partial charge in [-0.3, -0.25) is 4.79 Å². The van der Waals surface area contributed by atoms with Crippen LogP contribution < -0.4 is 0 Å². The van der Waals surface area contributed by atoms with E-state index in [9.17, 15) is 20.1 Å². The molecule has 4 atom stereocenters. The fraction of sp³-hybridized carbons (Fsp3) is 0.941. The Hall–Kier alpha value is -0.490. The summed E-state index contributed by atoms with van der Waals surface area (Å²) in [5.41, 5.74) is -1.61. The largest absolute Gasteiger partial charge is 0.393 e. The molecule has 0 bridgehead atoms. The summed E-state index contributed by atoms with van der Waals surface area (Å²) in [7, 11) is 0. The van der Waals surface area contributed by atoms with Crippen molar-refractivity contribution < 1.29 is 24.9 Å². The van der Waals surface area contributed by atoms with Crippen molar-refractivity contribution in [1.82, 2.24) is 0 Å². The number of carbonyl (C=O) groups excluding carboxylic acids is 1. The summed E-state index contributed by atoms with van der Waals surface area (Å²) in [5, 5.41) is 29.1. The average Bonchev–Trinajstić information content (AvgIpc) is 2.41. The Kier molecular flexibility index (Phi) is 10.9. The number of ether oxygens (including phenoxy) is 1. The quantitative estimate of drug-likeness (QED) is 0.484. The Labute approximate surface area is 134 Å². The van der Waals surface area contributed by atoms with E-state index in [1.54, 1.807) is 0 Å². The predicted octanol–water partition coefficient (Wildman–Crippen LogP) is 2.06. The maximum Gasteiger partial charge on any atom is 0.166 e. The molecule has 0 heterocycles. The highest BCUT2D eigenvalue weighted by atomic mass is 16.5. The lowest BCUT2D eigenvalue weighted by atomic mass is 9.91. The van der Waals surface area contributed by atoms with Crippen molar-refractivity contribution in [3.63, 3.8) is 0 Å². The van der Waals surface area contributed by atoms with Crippen LogP contribution in [0.5, 0.6) is 0 Å². The molecule has 0 rings (SSSR count). The molecule has 0 amide bonds. The topological polar surface area (TPSA) is 87.0 Å². The van der Waals surface area contributed by atoms with Crippen LogP contribution in [0.25, 0.3) is 0 Å². The Morgan fingerprint density at radius 3 is 2.36 bits per heavy atom. The molecule has 0 fully saturated rings. The van der Waals surface area contributed by atoms with Crippen molar-refractivity contribution in [2.24, 2.45) is 5.92 Å². The Bertz CT molecular complexity index is 301. The number of rotatable bonds is 13. The van der Waals surface area contributed by atoms with Crippen LogP contribution in [0.15, 0.2) is 0 Å². The summed E-state index contributed by atoms with van der Waals surface area (Å²) in [5.74, 6) is 0.0173. The van der Waals surface area contributed by atoms with Crippen molar-refractivity contribution in [3.8, 4) is 0 Å². The lowest BCUT2D eigenvalue weighted by Gasteiger charge is -2.24. The SMILES string of the molecule is CCCCC(CC)COCC(O)CC(=O)C(C)(O)CC(C)O. The minimum absolute atomic E-state index is 0.0334. The molecule has 22 heavy (non-hydrogen) atoms. The Morgan fingerprint density at radius 2 is 1.86 bits per heavy atom. The Balaban J connectivity index is 4.07. The molecular formula is C17H34O5. The molecule has 4 unspecified atom stereocenters. The van der Waals surface area contributed by atoms with E-state index in [2.05, 4.69) is 13.8 Å². The molecule has 0 aliphatic heterocycles. The summed E-state index contributed by atoms with van der Waals surface area (Å²) >= 11 is 0. The molecule has 0 aromatic heterocycles. The standard InChI is InChI=1S/C17H34O5/c1-5-7-8-14(6-2)11-22-12-15(19)9-16(20)17(4,21)10-13(3)18/h13-15,18-19,21H,5-12H2,1-4H3. The van der Waals surface area contributed by atoms with Crippen molar-refractivity contribution in [2.75, 3.05) is 13.2 Å². The number of Topliss-reactive ketones (excluding diaryl/α,β-unsaturated/α-hetero) is 1. The van der Waals surface area contributed by atoms with E-state index >= 15 is 0 Å². The molecule has 0 saturated heterocycles. The normalized spacial score (nSPS) is 18.5. The first-order valence-electron chi connectivity index (χ1n) is 8.42. The summed E-state index contributed by atoms with van der Waals surface area (Å²) in [6.07, 6.45) is 2.60. The van der Waals surface area contributed by atoms with Crippen LogP contribution in [-0.4, -0.2) is 52.1 Å². The second kappa shape index (κ2) is 11.1. The lowest BCUT2D eigenvalue weighted by molar-refractivity contribution is -0.141. The molecule has 0 aromatic rings. The zero-order chi connectivity index (χ0) is 17.2. The van der Waals surface area contributed by atoms with Crippen molar-refractivity contribution in [1.29, 1.82) is 0 Å². The van der Waals surface area contributed by atoms with Crippen LogP contribution in [0.2, 0.25) is 0 Å². The van der Waals surface area contributed by atoms with Crippen molar-refractivity contribution in [2.45, 2.75) is 84.0 Å². The van der Waals surface area contributed by atoms with Gasteiger partial charge in [-0.15, -0.1) is 0 Å². The molecule has 0 radical (unpaired) electrons. The van der Waals surface area contributed by atoms with Gasteiger partial charge in [-0.25, -0.2) is 0 Å². The smallest absolute Gasteiger partial charge is 0.166 e. The molecule has 5 nitrogen and oxygen atoms in total. The number of aliphatic hydroxyl groups is 3. The highest BCUT2D eigenvalue weighted by molar-refractivity contribution is 5.87. The molecule has 0 saturated carbocycles. The van der Waals surface area contributed by atoms with Crippen LogP contribution in [0.4, 0.5) is 0 Å². The van der Waals surface area contributed by atoms with Gasteiger partial charge in [0.2, 0.25) is 0 Å². The minimum atomic E-state index is -1.61. The first-order chi connectivity index (χ1) is 10.2. The van der Waals surface area contributed by atoms with Crippen LogP contribution in [-0.2, 0) is 9.53 Å². The van der Waals surface area contributed by atoms with Gasteiger partial charge >= 0.3 is 0 Å². The van der Waals surface area contributed by atoms with Crippen LogP contribution in [0, 0.1) is 5.92 Å². The fourth-order valence-corrected chi connectivity index (χ4v) is 2.45. The summed E-state index contributed by atoms with van der Waals surface area (Å²) in [4.78, 5) is 11.9. The molecule has 132 valence electrons. The van der Waals surface area contributed by atoms with Crippen LogP contribution in [0.1, 0.15) is 66.2 Å². The maximum atomic E-state index is 11.9. The van der Waals surface area contributed by atoms with Gasteiger partial charge in [0.15, 0.2) is 5.78 Å². The van der Waals surface area contributed by atoms with Gasteiger partial charge in [0.25, 0.3) is 0 Å². The number of unbranched alkanes of at least 4 members (excludes halogenated alkanes) is 1. The zero-order valence-electron chi connectivity index (χ0n) is 14.5. The first-order valence-corrected chi connectivity index (χ1v) is 8.42. The van der Waals surface area contributed by atoms with E-state index in [1.807, 2.05) is 0 Å². The summed E-state index contributed by atoms with van der Waals surface area (Å²) < 4.78 is 5.51. The van der Waals surface area contributed by atoms with Crippen LogP contribution >= 0.6 is 0 Å². The van der Waals surface area contributed by atoms with Crippen LogP contribution in [0.3, 0.4) is 0 Å². The average molecular weight is 318 g/mol. The van der Waals surface area contributed by atoms with Gasteiger partial charge in [0.1, 0.15) is 5.60 Å². The third-order valence-electron chi connectivity index (χ3n) is 3.92. The van der Waals surface area contributed by atoms with Gasteiger partial charge in [-0.2, -0.15) is 0 Å². The molecular weight excluding hydrogens is 284 g/mol. The molecule has 0 spiro atoms.